The number of fused-ring (bicyclic) bond motifs is 3. The first-order chi connectivity index (χ1) is 15.2. The smallest absolute Gasteiger partial charge is 0.348 e. The van der Waals surface area contributed by atoms with Crippen LogP contribution in [-0.4, -0.2) is 6.61 Å². The van der Waals surface area contributed by atoms with Crippen LogP contribution in [0.1, 0.15) is 12.5 Å². The number of benzene rings is 3. The summed E-state index contributed by atoms with van der Waals surface area (Å²) in [6, 6.07) is 25.1. The largest absolute Gasteiger partial charge is 0.494 e. The topological polar surface area (TPSA) is 64.6 Å². The predicted octanol–water partition coefficient (Wildman–Crippen LogP) is 6.22. The van der Waals surface area contributed by atoms with Crippen LogP contribution in [-0.2, 0) is 6.54 Å². The third-order valence-corrected chi connectivity index (χ3v) is 5.20. The molecule has 0 spiro atoms. The molecule has 0 saturated heterocycles. The Bertz CT molecular complexity index is 1400. The molecule has 31 heavy (non-hydrogen) atoms. The zero-order chi connectivity index (χ0) is 21.2. The molecule has 0 aliphatic rings. The molecule has 0 radical (unpaired) electrons. The maximum absolute atomic E-state index is 13.0. The number of rotatable bonds is 6. The summed E-state index contributed by atoms with van der Waals surface area (Å²) in [5, 5.41) is 4.56. The van der Waals surface area contributed by atoms with Gasteiger partial charge in [0, 0.05) is 6.54 Å². The van der Waals surface area contributed by atoms with Gasteiger partial charge in [0.25, 0.3) is 0 Å². The molecular weight excluding hydrogens is 390 g/mol. The van der Waals surface area contributed by atoms with E-state index in [1.807, 2.05) is 79.7 Å². The summed E-state index contributed by atoms with van der Waals surface area (Å²) < 4.78 is 17.4. The Hall–Kier alpha value is -3.99. The SMILES string of the molecule is CCOc1ccc(-c2c(NCc3ccccc3)oc3c2c(=O)oc2ccccc23)cc1. The molecule has 5 aromatic rings. The zero-order valence-electron chi connectivity index (χ0n) is 17.1. The van der Waals surface area contributed by atoms with Crippen LogP contribution < -0.4 is 15.7 Å². The standard InChI is InChI=1S/C26H21NO4/c1-2-29-19-14-12-18(13-15-19)22-23-24(20-10-6-7-11-21(20)30-26(23)28)31-25(22)27-16-17-8-4-3-5-9-17/h3-15,27H,2,16H2,1H3. The molecule has 0 aliphatic carbocycles. The van der Waals surface area contributed by atoms with Gasteiger partial charge in [-0.25, -0.2) is 4.79 Å². The molecule has 0 bridgehead atoms. The number of hydrogen-bond acceptors (Lipinski definition) is 5. The highest BCUT2D eigenvalue weighted by molar-refractivity contribution is 6.09. The Morgan fingerprint density at radius 1 is 0.871 bits per heavy atom. The zero-order valence-corrected chi connectivity index (χ0v) is 17.1. The Morgan fingerprint density at radius 3 is 2.39 bits per heavy atom. The van der Waals surface area contributed by atoms with E-state index in [-0.39, 0.29) is 0 Å². The lowest BCUT2D eigenvalue weighted by Gasteiger charge is -2.08. The summed E-state index contributed by atoms with van der Waals surface area (Å²) in [7, 11) is 0. The highest BCUT2D eigenvalue weighted by Crippen LogP contribution is 2.40. The first-order valence-corrected chi connectivity index (χ1v) is 10.2. The van der Waals surface area contributed by atoms with Crippen molar-refractivity contribution in [2.24, 2.45) is 0 Å². The summed E-state index contributed by atoms with van der Waals surface area (Å²) >= 11 is 0. The van der Waals surface area contributed by atoms with E-state index in [9.17, 15) is 4.79 Å². The van der Waals surface area contributed by atoms with Gasteiger partial charge in [0.2, 0.25) is 5.88 Å². The van der Waals surface area contributed by atoms with Crippen LogP contribution in [0.25, 0.3) is 33.1 Å². The van der Waals surface area contributed by atoms with Crippen LogP contribution in [0.15, 0.2) is 92.5 Å². The van der Waals surface area contributed by atoms with Gasteiger partial charge in [-0.1, -0.05) is 54.6 Å². The van der Waals surface area contributed by atoms with Crippen molar-refractivity contribution in [3.63, 3.8) is 0 Å². The second-order valence-corrected chi connectivity index (χ2v) is 7.19. The van der Waals surface area contributed by atoms with Gasteiger partial charge in [0.05, 0.1) is 17.6 Å². The fraction of sp³-hybridized carbons (Fsp3) is 0.115. The van der Waals surface area contributed by atoms with Crippen LogP contribution in [0.4, 0.5) is 5.88 Å². The normalized spacial score (nSPS) is 11.1. The minimum atomic E-state index is -0.422. The molecule has 3 aromatic carbocycles. The number of hydrogen-bond donors (Lipinski definition) is 1. The average Bonchev–Trinajstić information content (AvgIpc) is 3.20. The van der Waals surface area contributed by atoms with Gasteiger partial charge in [-0.3, -0.25) is 0 Å². The molecular formula is C26H21NO4. The number of nitrogens with one attached hydrogen (secondary N) is 1. The summed E-state index contributed by atoms with van der Waals surface area (Å²) in [5.41, 5.74) is 3.24. The molecule has 5 rings (SSSR count). The molecule has 5 heteroatoms. The molecule has 5 nitrogen and oxygen atoms in total. The van der Waals surface area contributed by atoms with Gasteiger partial charge in [-0.05, 0) is 42.3 Å². The molecule has 0 atom stereocenters. The molecule has 0 amide bonds. The van der Waals surface area contributed by atoms with Crippen LogP contribution in [0.2, 0.25) is 0 Å². The van der Waals surface area contributed by atoms with Gasteiger partial charge >= 0.3 is 5.63 Å². The molecule has 0 unspecified atom stereocenters. The van der Waals surface area contributed by atoms with Gasteiger partial charge < -0.3 is 18.9 Å². The number of furan rings is 1. The summed E-state index contributed by atoms with van der Waals surface area (Å²) in [5.74, 6) is 1.31. The lowest BCUT2D eigenvalue weighted by Crippen LogP contribution is -2.02. The maximum atomic E-state index is 13.0. The van der Waals surface area contributed by atoms with Crippen LogP contribution in [0.3, 0.4) is 0 Å². The lowest BCUT2D eigenvalue weighted by molar-refractivity contribution is 0.340. The summed E-state index contributed by atoms with van der Waals surface area (Å²) in [4.78, 5) is 13.0. The van der Waals surface area contributed by atoms with Crippen molar-refractivity contribution in [2.45, 2.75) is 13.5 Å². The Morgan fingerprint density at radius 2 is 1.61 bits per heavy atom. The molecule has 1 N–H and O–H groups in total. The van der Waals surface area contributed by atoms with Crippen molar-refractivity contribution in [3.05, 3.63) is 94.8 Å². The number of para-hydroxylation sites is 1. The van der Waals surface area contributed by atoms with Crippen molar-refractivity contribution in [3.8, 4) is 16.9 Å². The molecule has 2 heterocycles. The van der Waals surface area contributed by atoms with Crippen LogP contribution in [0.5, 0.6) is 5.75 Å². The third-order valence-electron chi connectivity index (χ3n) is 5.20. The van der Waals surface area contributed by atoms with Crippen molar-refractivity contribution in [1.82, 2.24) is 0 Å². The summed E-state index contributed by atoms with van der Waals surface area (Å²) in [6.45, 7) is 3.10. The van der Waals surface area contributed by atoms with Crippen molar-refractivity contribution >= 4 is 27.8 Å². The second-order valence-electron chi connectivity index (χ2n) is 7.19. The predicted molar refractivity (Wildman–Crippen MR) is 123 cm³/mol. The number of ether oxygens (including phenoxy) is 1. The lowest BCUT2D eigenvalue weighted by atomic mass is 10.0. The fourth-order valence-corrected chi connectivity index (χ4v) is 3.77. The van der Waals surface area contributed by atoms with E-state index < -0.39 is 5.63 Å². The second kappa shape index (κ2) is 8.03. The van der Waals surface area contributed by atoms with Gasteiger partial charge in [-0.2, -0.15) is 0 Å². The van der Waals surface area contributed by atoms with Crippen molar-refractivity contribution in [1.29, 1.82) is 0 Å². The fourth-order valence-electron chi connectivity index (χ4n) is 3.77. The first-order valence-electron chi connectivity index (χ1n) is 10.2. The van der Waals surface area contributed by atoms with Crippen molar-refractivity contribution in [2.75, 3.05) is 11.9 Å². The van der Waals surface area contributed by atoms with Crippen LogP contribution >= 0.6 is 0 Å². The van der Waals surface area contributed by atoms with E-state index in [0.29, 0.717) is 41.2 Å². The van der Waals surface area contributed by atoms with E-state index in [1.165, 1.54) is 0 Å². The van der Waals surface area contributed by atoms with Gasteiger partial charge in [0.1, 0.15) is 16.7 Å². The maximum Gasteiger partial charge on any atom is 0.348 e. The molecule has 0 aliphatic heterocycles. The molecule has 2 aromatic heterocycles. The van der Waals surface area contributed by atoms with Crippen molar-refractivity contribution < 1.29 is 13.6 Å². The van der Waals surface area contributed by atoms with E-state index in [1.54, 1.807) is 6.07 Å². The van der Waals surface area contributed by atoms with E-state index in [4.69, 9.17) is 13.6 Å². The Balaban J connectivity index is 1.69. The average molecular weight is 411 g/mol. The minimum Gasteiger partial charge on any atom is -0.494 e. The molecule has 0 saturated carbocycles. The van der Waals surface area contributed by atoms with Gasteiger partial charge in [0.15, 0.2) is 5.58 Å². The highest BCUT2D eigenvalue weighted by Gasteiger charge is 2.22. The molecule has 154 valence electrons. The van der Waals surface area contributed by atoms with Crippen LogP contribution in [0, 0.1) is 0 Å². The third kappa shape index (κ3) is 3.55. The van der Waals surface area contributed by atoms with Gasteiger partial charge in [-0.15, -0.1) is 0 Å². The highest BCUT2D eigenvalue weighted by atomic mass is 16.5. The van der Waals surface area contributed by atoms with E-state index in [0.717, 1.165) is 22.3 Å². The quantitative estimate of drug-likeness (QED) is 0.336. The Labute approximate surface area is 178 Å². The Kier molecular flexibility index (Phi) is 4.92. The van der Waals surface area contributed by atoms with E-state index >= 15 is 0 Å². The first kappa shape index (κ1) is 19.0. The number of anilines is 1. The monoisotopic (exact) mass is 411 g/mol. The summed E-state index contributed by atoms with van der Waals surface area (Å²) in [6.07, 6.45) is 0. The van der Waals surface area contributed by atoms with E-state index in [2.05, 4.69) is 5.32 Å². The minimum absolute atomic E-state index is 0.422. The molecule has 0 fully saturated rings.